The van der Waals surface area contributed by atoms with Gasteiger partial charge in [-0.1, -0.05) is 19.3 Å². The van der Waals surface area contributed by atoms with E-state index in [0.29, 0.717) is 38.5 Å². The molecular formula is C15H27NO4S. The lowest BCUT2D eigenvalue weighted by molar-refractivity contribution is -0.149. The zero-order valence-corrected chi connectivity index (χ0v) is 13.7. The highest BCUT2D eigenvalue weighted by Gasteiger charge is 2.33. The third-order valence-corrected chi connectivity index (χ3v) is 6.68. The van der Waals surface area contributed by atoms with E-state index in [0.717, 1.165) is 25.7 Å². The molecular weight excluding hydrogens is 290 g/mol. The van der Waals surface area contributed by atoms with Crippen molar-refractivity contribution < 1.29 is 17.9 Å². The van der Waals surface area contributed by atoms with Gasteiger partial charge < -0.3 is 4.74 Å². The number of esters is 1. The first-order chi connectivity index (χ1) is 10.0. The number of piperidine rings is 1. The smallest absolute Gasteiger partial charge is 0.309 e. The predicted octanol–water partition coefficient (Wildman–Crippen LogP) is 2.17. The first-order valence-corrected chi connectivity index (χ1v) is 9.78. The molecule has 0 bridgehead atoms. The zero-order chi connectivity index (χ0) is 15.3. The van der Waals surface area contributed by atoms with Crippen molar-refractivity contribution in [3.05, 3.63) is 0 Å². The molecule has 21 heavy (non-hydrogen) atoms. The molecule has 0 radical (unpaired) electrons. The summed E-state index contributed by atoms with van der Waals surface area (Å²) in [5.41, 5.74) is 0. The van der Waals surface area contributed by atoms with Gasteiger partial charge in [-0.2, -0.15) is 0 Å². The Hall–Kier alpha value is -0.620. The van der Waals surface area contributed by atoms with Gasteiger partial charge in [-0.15, -0.1) is 0 Å². The molecule has 122 valence electrons. The molecule has 0 aromatic rings. The lowest BCUT2D eigenvalue weighted by Gasteiger charge is -2.32. The van der Waals surface area contributed by atoms with E-state index >= 15 is 0 Å². The standard InChI is InChI=1S/C15H27NO4S/c1-2-20-15(17)14-8-10-16(11-9-14)21(18,19)12-13-6-4-3-5-7-13/h13-14H,2-12H2,1H3. The molecule has 0 N–H and O–H groups in total. The summed E-state index contributed by atoms with van der Waals surface area (Å²) < 4.78 is 31.5. The molecule has 6 heteroatoms. The van der Waals surface area contributed by atoms with Crippen molar-refractivity contribution >= 4 is 16.0 Å². The van der Waals surface area contributed by atoms with Gasteiger partial charge in [-0.3, -0.25) is 4.79 Å². The summed E-state index contributed by atoms with van der Waals surface area (Å²) in [6.07, 6.45) is 6.81. The van der Waals surface area contributed by atoms with Crippen LogP contribution in [0.25, 0.3) is 0 Å². The largest absolute Gasteiger partial charge is 0.466 e. The SMILES string of the molecule is CCOC(=O)C1CCN(S(=O)(=O)CC2CCCCC2)CC1. The average molecular weight is 317 g/mol. The highest BCUT2D eigenvalue weighted by atomic mass is 32.2. The first-order valence-electron chi connectivity index (χ1n) is 8.17. The molecule has 0 aromatic carbocycles. The van der Waals surface area contributed by atoms with E-state index in [9.17, 15) is 13.2 Å². The van der Waals surface area contributed by atoms with Crippen LogP contribution in [0.2, 0.25) is 0 Å². The molecule has 2 fully saturated rings. The van der Waals surface area contributed by atoms with Gasteiger partial charge in [0.25, 0.3) is 0 Å². The van der Waals surface area contributed by atoms with Gasteiger partial charge in [-0.25, -0.2) is 12.7 Å². The lowest BCUT2D eigenvalue weighted by atomic mass is 9.91. The van der Waals surface area contributed by atoms with Crippen molar-refractivity contribution in [1.82, 2.24) is 4.31 Å². The number of nitrogens with zero attached hydrogens (tertiary/aromatic N) is 1. The van der Waals surface area contributed by atoms with Gasteiger partial charge in [0.1, 0.15) is 0 Å². The fourth-order valence-corrected chi connectivity index (χ4v) is 5.29. The van der Waals surface area contributed by atoms with Crippen LogP contribution in [-0.4, -0.2) is 44.1 Å². The quantitative estimate of drug-likeness (QED) is 0.729. The van der Waals surface area contributed by atoms with Crippen molar-refractivity contribution in [1.29, 1.82) is 0 Å². The third-order valence-electron chi connectivity index (χ3n) is 4.64. The average Bonchev–Trinajstić information content (AvgIpc) is 2.48. The summed E-state index contributed by atoms with van der Waals surface area (Å²) in [4.78, 5) is 11.7. The van der Waals surface area contributed by atoms with E-state index in [2.05, 4.69) is 0 Å². The van der Waals surface area contributed by atoms with Gasteiger partial charge in [0.15, 0.2) is 0 Å². The van der Waals surface area contributed by atoms with Crippen molar-refractivity contribution in [2.75, 3.05) is 25.4 Å². The van der Waals surface area contributed by atoms with E-state index in [-0.39, 0.29) is 17.6 Å². The summed E-state index contributed by atoms with van der Waals surface area (Å²) in [7, 11) is -3.16. The number of carbonyl (C=O) groups excluding carboxylic acids is 1. The molecule has 0 amide bonds. The summed E-state index contributed by atoms with van der Waals surface area (Å²) in [5.74, 6) is 0.302. The Balaban J connectivity index is 1.84. The Morgan fingerprint density at radius 3 is 2.29 bits per heavy atom. The molecule has 1 aliphatic heterocycles. The van der Waals surface area contributed by atoms with Crippen LogP contribution in [0.5, 0.6) is 0 Å². The third kappa shape index (κ3) is 4.68. The van der Waals surface area contributed by atoms with Crippen LogP contribution in [0.3, 0.4) is 0 Å². The molecule has 0 unspecified atom stereocenters. The molecule has 0 spiro atoms. The lowest BCUT2D eigenvalue weighted by Crippen LogP contribution is -2.42. The molecule has 5 nitrogen and oxygen atoms in total. The van der Waals surface area contributed by atoms with Gasteiger partial charge in [-0.05, 0) is 38.5 Å². The van der Waals surface area contributed by atoms with Crippen LogP contribution in [-0.2, 0) is 19.6 Å². The Morgan fingerprint density at radius 2 is 1.71 bits per heavy atom. The fraction of sp³-hybridized carbons (Fsp3) is 0.933. The van der Waals surface area contributed by atoms with Gasteiger partial charge >= 0.3 is 5.97 Å². The Bertz CT molecular complexity index is 435. The van der Waals surface area contributed by atoms with E-state index in [1.54, 1.807) is 11.2 Å². The second-order valence-electron chi connectivity index (χ2n) is 6.21. The second-order valence-corrected chi connectivity index (χ2v) is 8.22. The minimum absolute atomic E-state index is 0.133. The molecule has 2 rings (SSSR count). The number of carbonyl (C=O) groups is 1. The van der Waals surface area contributed by atoms with E-state index < -0.39 is 10.0 Å². The maximum atomic E-state index is 12.5. The fourth-order valence-electron chi connectivity index (χ4n) is 3.39. The number of sulfonamides is 1. The number of rotatable bonds is 5. The summed E-state index contributed by atoms with van der Waals surface area (Å²) in [6.45, 7) is 3.09. The van der Waals surface area contributed by atoms with Crippen LogP contribution in [0.1, 0.15) is 51.9 Å². The predicted molar refractivity (Wildman–Crippen MR) is 81.3 cm³/mol. The second kappa shape index (κ2) is 7.58. The monoisotopic (exact) mass is 317 g/mol. The topological polar surface area (TPSA) is 63.7 Å². The van der Waals surface area contributed by atoms with Crippen molar-refractivity contribution in [2.24, 2.45) is 11.8 Å². The molecule has 1 heterocycles. The van der Waals surface area contributed by atoms with Crippen molar-refractivity contribution in [2.45, 2.75) is 51.9 Å². The highest BCUT2D eigenvalue weighted by Crippen LogP contribution is 2.27. The van der Waals surface area contributed by atoms with Crippen LogP contribution < -0.4 is 0 Å². The molecule has 1 aliphatic carbocycles. The van der Waals surface area contributed by atoms with Gasteiger partial charge in [0.05, 0.1) is 18.3 Å². The molecule has 0 aromatic heterocycles. The molecule has 1 saturated carbocycles. The maximum absolute atomic E-state index is 12.5. The Kier molecular flexibility index (Phi) is 6.05. The van der Waals surface area contributed by atoms with Crippen LogP contribution in [0.4, 0.5) is 0 Å². The summed E-state index contributed by atoms with van der Waals surface area (Å²) >= 11 is 0. The van der Waals surface area contributed by atoms with E-state index in [1.165, 1.54) is 6.42 Å². The van der Waals surface area contributed by atoms with Crippen LogP contribution >= 0.6 is 0 Å². The Labute approximate surface area is 128 Å². The highest BCUT2D eigenvalue weighted by molar-refractivity contribution is 7.89. The minimum atomic E-state index is -3.16. The summed E-state index contributed by atoms with van der Waals surface area (Å²) in [5, 5.41) is 0. The minimum Gasteiger partial charge on any atom is -0.466 e. The molecule has 0 atom stereocenters. The van der Waals surface area contributed by atoms with Gasteiger partial charge in [0, 0.05) is 13.1 Å². The van der Waals surface area contributed by atoms with Crippen LogP contribution in [0.15, 0.2) is 0 Å². The number of ether oxygens (including phenoxy) is 1. The normalized spacial score (nSPS) is 23.1. The Morgan fingerprint density at radius 1 is 1.10 bits per heavy atom. The van der Waals surface area contributed by atoms with Crippen molar-refractivity contribution in [3.63, 3.8) is 0 Å². The molecule has 1 saturated heterocycles. The number of hydrogen-bond donors (Lipinski definition) is 0. The van der Waals surface area contributed by atoms with E-state index in [1.807, 2.05) is 0 Å². The van der Waals surface area contributed by atoms with Crippen molar-refractivity contribution in [3.8, 4) is 0 Å². The van der Waals surface area contributed by atoms with E-state index in [4.69, 9.17) is 4.74 Å². The molecule has 2 aliphatic rings. The maximum Gasteiger partial charge on any atom is 0.309 e. The van der Waals surface area contributed by atoms with Crippen LogP contribution in [0, 0.1) is 11.8 Å². The summed E-state index contributed by atoms with van der Waals surface area (Å²) in [6, 6.07) is 0. The zero-order valence-electron chi connectivity index (χ0n) is 12.9. The first kappa shape index (κ1) is 16.7. The van der Waals surface area contributed by atoms with Gasteiger partial charge in [0.2, 0.25) is 10.0 Å². The number of hydrogen-bond acceptors (Lipinski definition) is 4.